The molecule has 0 unspecified atom stereocenters. The van der Waals surface area contributed by atoms with Crippen molar-refractivity contribution in [1.82, 2.24) is 0 Å². The minimum atomic E-state index is -3.85. The number of nitrogens with one attached hydrogen (secondary N) is 1. The maximum absolute atomic E-state index is 13.1. The van der Waals surface area contributed by atoms with Crippen molar-refractivity contribution < 1.29 is 17.9 Å². The lowest BCUT2D eigenvalue weighted by atomic mass is 9.99. The van der Waals surface area contributed by atoms with Crippen LogP contribution < -0.4 is 14.4 Å². The molecule has 0 saturated heterocycles. The van der Waals surface area contributed by atoms with Crippen molar-refractivity contribution in [3.8, 4) is 5.75 Å². The van der Waals surface area contributed by atoms with Crippen LogP contribution in [0.3, 0.4) is 0 Å². The quantitative estimate of drug-likeness (QED) is 0.768. The highest BCUT2D eigenvalue weighted by Gasteiger charge is 2.26. The van der Waals surface area contributed by atoms with E-state index in [2.05, 4.69) is 4.72 Å². The summed E-state index contributed by atoms with van der Waals surface area (Å²) in [6.07, 6.45) is 1.77. The average Bonchev–Trinajstić information content (AvgIpc) is 2.68. The first kappa shape index (κ1) is 21.2. The van der Waals surface area contributed by atoms with Gasteiger partial charge in [0.05, 0.1) is 12.3 Å². The van der Waals surface area contributed by atoms with Crippen LogP contribution in [-0.4, -0.2) is 27.5 Å². The maximum atomic E-state index is 13.1. The van der Waals surface area contributed by atoms with Crippen molar-refractivity contribution in [2.24, 2.45) is 5.92 Å². The fourth-order valence-corrected chi connectivity index (χ4v) is 4.77. The van der Waals surface area contributed by atoms with Gasteiger partial charge in [-0.25, -0.2) is 8.42 Å². The Hall–Kier alpha value is -2.54. The lowest BCUT2D eigenvalue weighted by molar-refractivity contribution is -0.121. The fraction of sp³-hybridized carbons (Fsp3) is 0.409. The Bertz CT molecular complexity index is 1020. The molecule has 156 valence electrons. The summed E-state index contributed by atoms with van der Waals surface area (Å²) in [6.45, 7) is 8.41. The molecule has 0 bridgehead atoms. The molecule has 1 aliphatic rings. The molecule has 0 atom stereocenters. The number of aryl methyl sites for hydroxylation is 2. The molecule has 2 aromatic carbocycles. The van der Waals surface area contributed by atoms with Gasteiger partial charge >= 0.3 is 0 Å². The molecule has 1 heterocycles. The van der Waals surface area contributed by atoms with Crippen LogP contribution in [0.2, 0.25) is 0 Å². The molecule has 0 aromatic heterocycles. The van der Waals surface area contributed by atoms with Crippen molar-refractivity contribution in [1.29, 1.82) is 0 Å². The molecule has 0 spiro atoms. The van der Waals surface area contributed by atoms with Gasteiger partial charge in [-0.1, -0.05) is 26.0 Å². The number of carbonyl (C=O) groups excluding carboxylic acids is 1. The Kier molecular flexibility index (Phi) is 6.17. The third-order valence-corrected chi connectivity index (χ3v) is 6.31. The van der Waals surface area contributed by atoms with E-state index in [0.717, 1.165) is 29.7 Å². The van der Waals surface area contributed by atoms with Crippen LogP contribution in [0.4, 0.5) is 11.4 Å². The summed E-state index contributed by atoms with van der Waals surface area (Å²) in [4.78, 5) is 14.5. The third kappa shape index (κ3) is 4.56. The first-order chi connectivity index (χ1) is 13.7. The van der Waals surface area contributed by atoms with Crippen molar-refractivity contribution in [2.45, 2.75) is 45.4 Å². The molecular weight excluding hydrogens is 388 g/mol. The second-order valence-electron chi connectivity index (χ2n) is 7.58. The van der Waals surface area contributed by atoms with Gasteiger partial charge in [0.2, 0.25) is 5.91 Å². The average molecular weight is 417 g/mol. The van der Waals surface area contributed by atoms with Crippen LogP contribution in [0.1, 0.15) is 38.3 Å². The zero-order valence-electron chi connectivity index (χ0n) is 17.4. The van der Waals surface area contributed by atoms with Crippen LogP contribution >= 0.6 is 0 Å². The van der Waals surface area contributed by atoms with E-state index in [9.17, 15) is 13.2 Å². The van der Waals surface area contributed by atoms with E-state index in [0.29, 0.717) is 24.6 Å². The van der Waals surface area contributed by atoms with Crippen LogP contribution in [0, 0.1) is 12.8 Å². The molecular formula is C22H28N2O4S. The highest BCUT2D eigenvalue weighted by Crippen LogP contribution is 2.33. The second-order valence-corrected chi connectivity index (χ2v) is 9.23. The van der Waals surface area contributed by atoms with E-state index in [1.54, 1.807) is 29.2 Å². The van der Waals surface area contributed by atoms with Gasteiger partial charge in [-0.05, 0) is 62.1 Å². The molecule has 0 radical (unpaired) electrons. The van der Waals surface area contributed by atoms with Gasteiger partial charge in [0.1, 0.15) is 10.6 Å². The summed E-state index contributed by atoms with van der Waals surface area (Å²) in [7, 11) is -3.85. The van der Waals surface area contributed by atoms with Crippen LogP contribution in [-0.2, 0) is 21.2 Å². The normalized spacial score (nSPS) is 13.9. The minimum Gasteiger partial charge on any atom is -0.492 e. The summed E-state index contributed by atoms with van der Waals surface area (Å²) >= 11 is 0. The number of benzene rings is 2. The lowest BCUT2D eigenvalue weighted by Crippen LogP contribution is -2.38. The predicted octanol–water partition coefficient (Wildman–Crippen LogP) is 4.13. The number of nitrogens with zero attached hydrogens (tertiary/aromatic N) is 1. The lowest BCUT2D eigenvalue weighted by Gasteiger charge is -2.31. The SMILES string of the molecule is CCOc1ccc(C)cc1S(=O)(=O)Nc1ccc2c(c1)N(C(=O)C(C)C)CCC2. The molecule has 0 aliphatic carbocycles. The Labute approximate surface area is 172 Å². The fourth-order valence-electron chi connectivity index (χ4n) is 3.49. The van der Waals surface area contributed by atoms with E-state index in [4.69, 9.17) is 4.74 Å². The van der Waals surface area contributed by atoms with E-state index in [1.165, 1.54) is 0 Å². The number of anilines is 2. The summed E-state index contributed by atoms with van der Waals surface area (Å²) in [6, 6.07) is 10.5. The van der Waals surface area contributed by atoms with Gasteiger partial charge in [-0.2, -0.15) is 0 Å². The standard InChI is InChI=1S/C22H28N2O4S/c1-5-28-20-11-8-16(4)13-21(20)29(26,27)23-18-10-9-17-7-6-12-24(19(17)14-18)22(25)15(2)3/h8-11,13-15,23H,5-7,12H2,1-4H3. The number of amides is 1. The minimum absolute atomic E-state index is 0.0447. The number of ether oxygens (including phenoxy) is 1. The third-order valence-electron chi connectivity index (χ3n) is 4.90. The first-order valence-corrected chi connectivity index (χ1v) is 11.4. The Balaban J connectivity index is 1.96. The van der Waals surface area contributed by atoms with Gasteiger partial charge in [-0.3, -0.25) is 9.52 Å². The number of sulfonamides is 1. The molecule has 6 nitrogen and oxygen atoms in total. The first-order valence-electron chi connectivity index (χ1n) is 9.93. The van der Waals surface area contributed by atoms with Gasteiger partial charge in [0, 0.05) is 18.2 Å². The summed E-state index contributed by atoms with van der Waals surface area (Å²) in [5.74, 6) is 0.241. The van der Waals surface area contributed by atoms with E-state index < -0.39 is 10.0 Å². The van der Waals surface area contributed by atoms with E-state index in [1.807, 2.05) is 39.8 Å². The Morgan fingerprint density at radius 2 is 1.97 bits per heavy atom. The number of rotatable bonds is 6. The van der Waals surface area contributed by atoms with Crippen LogP contribution in [0.25, 0.3) is 0 Å². The summed E-state index contributed by atoms with van der Waals surface area (Å²) in [5.41, 5.74) is 3.09. The van der Waals surface area contributed by atoms with Gasteiger partial charge in [-0.15, -0.1) is 0 Å². The van der Waals surface area contributed by atoms with E-state index in [-0.39, 0.29) is 16.7 Å². The molecule has 2 aromatic rings. The maximum Gasteiger partial charge on any atom is 0.265 e. The molecule has 7 heteroatoms. The van der Waals surface area contributed by atoms with Gasteiger partial charge < -0.3 is 9.64 Å². The molecule has 1 aliphatic heterocycles. The van der Waals surface area contributed by atoms with Gasteiger partial charge in [0.25, 0.3) is 10.0 Å². The zero-order chi connectivity index (χ0) is 21.2. The zero-order valence-corrected chi connectivity index (χ0v) is 18.2. The smallest absolute Gasteiger partial charge is 0.265 e. The molecule has 3 rings (SSSR count). The topological polar surface area (TPSA) is 75.7 Å². The Morgan fingerprint density at radius 1 is 1.21 bits per heavy atom. The number of hydrogen-bond donors (Lipinski definition) is 1. The highest BCUT2D eigenvalue weighted by atomic mass is 32.2. The van der Waals surface area contributed by atoms with Crippen molar-refractivity contribution >= 4 is 27.3 Å². The second kappa shape index (κ2) is 8.45. The predicted molar refractivity (Wildman–Crippen MR) is 115 cm³/mol. The Morgan fingerprint density at radius 3 is 2.66 bits per heavy atom. The molecule has 1 amide bonds. The van der Waals surface area contributed by atoms with Gasteiger partial charge in [0.15, 0.2) is 0 Å². The molecule has 0 fully saturated rings. The largest absolute Gasteiger partial charge is 0.492 e. The molecule has 29 heavy (non-hydrogen) atoms. The molecule has 0 saturated carbocycles. The van der Waals surface area contributed by atoms with Crippen molar-refractivity contribution in [3.63, 3.8) is 0 Å². The summed E-state index contributed by atoms with van der Waals surface area (Å²) < 4.78 is 34.3. The summed E-state index contributed by atoms with van der Waals surface area (Å²) in [5, 5.41) is 0. The van der Waals surface area contributed by atoms with Crippen molar-refractivity contribution in [3.05, 3.63) is 47.5 Å². The van der Waals surface area contributed by atoms with Crippen LogP contribution in [0.5, 0.6) is 5.75 Å². The van der Waals surface area contributed by atoms with Crippen molar-refractivity contribution in [2.75, 3.05) is 22.8 Å². The number of hydrogen-bond acceptors (Lipinski definition) is 4. The number of fused-ring (bicyclic) bond motifs is 1. The highest BCUT2D eigenvalue weighted by molar-refractivity contribution is 7.92. The number of carbonyl (C=O) groups is 1. The van der Waals surface area contributed by atoms with Crippen LogP contribution in [0.15, 0.2) is 41.3 Å². The monoisotopic (exact) mass is 416 g/mol. The van der Waals surface area contributed by atoms with E-state index >= 15 is 0 Å². The molecule has 1 N–H and O–H groups in total.